The summed E-state index contributed by atoms with van der Waals surface area (Å²) in [4.78, 5) is 0. The fourth-order valence-electron chi connectivity index (χ4n) is 1.89. The average molecular weight is 251 g/mol. The summed E-state index contributed by atoms with van der Waals surface area (Å²) in [6, 6.07) is 7.63. The van der Waals surface area contributed by atoms with Crippen LogP contribution in [-0.4, -0.2) is 38.5 Å². The molecular formula is C14H21NO3. The van der Waals surface area contributed by atoms with Crippen LogP contribution in [0.1, 0.15) is 12.8 Å². The number of nitrogens with one attached hydrogen (secondary N) is 1. The van der Waals surface area contributed by atoms with Gasteiger partial charge in [-0.05, 0) is 25.0 Å². The highest BCUT2D eigenvalue weighted by Gasteiger charge is 2.41. The van der Waals surface area contributed by atoms with E-state index in [9.17, 15) is 5.11 Å². The predicted molar refractivity (Wildman–Crippen MR) is 70.1 cm³/mol. The van der Waals surface area contributed by atoms with Gasteiger partial charge in [0.1, 0.15) is 6.61 Å². The molecule has 0 spiro atoms. The number of hydrogen-bond donors (Lipinski definition) is 2. The van der Waals surface area contributed by atoms with Gasteiger partial charge >= 0.3 is 0 Å². The van der Waals surface area contributed by atoms with Crippen molar-refractivity contribution in [1.82, 2.24) is 5.32 Å². The number of ether oxygens (including phenoxy) is 2. The molecule has 100 valence electrons. The molecule has 0 amide bonds. The largest absolute Gasteiger partial charge is 0.493 e. The number of aliphatic hydroxyl groups is 1. The van der Waals surface area contributed by atoms with Crippen LogP contribution in [0, 0.1) is 5.41 Å². The lowest BCUT2D eigenvalue weighted by atomic mass is 10.1. The summed E-state index contributed by atoms with van der Waals surface area (Å²) in [5.74, 6) is 1.52. The zero-order chi connectivity index (χ0) is 12.8. The molecule has 2 rings (SSSR count). The van der Waals surface area contributed by atoms with Crippen molar-refractivity contribution < 1.29 is 14.6 Å². The summed E-state index contributed by atoms with van der Waals surface area (Å²) in [7, 11) is 1.64. The second kappa shape index (κ2) is 6.07. The summed E-state index contributed by atoms with van der Waals surface area (Å²) < 4.78 is 10.9. The number of para-hydroxylation sites is 2. The molecule has 0 aliphatic heterocycles. The van der Waals surface area contributed by atoms with Gasteiger partial charge in [-0.2, -0.15) is 0 Å². The van der Waals surface area contributed by atoms with Crippen LogP contribution in [0.5, 0.6) is 11.5 Å². The van der Waals surface area contributed by atoms with E-state index in [4.69, 9.17) is 9.47 Å². The smallest absolute Gasteiger partial charge is 0.161 e. The van der Waals surface area contributed by atoms with E-state index in [-0.39, 0.29) is 12.0 Å². The Morgan fingerprint density at radius 1 is 1.28 bits per heavy atom. The molecule has 0 radical (unpaired) electrons. The summed E-state index contributed by atoms with van der Waals surface area (Å²) >= 11 is 0. The first-order valence-corrected chi connectivity index (χ1v) is 6.37. The Morgan fingerprint density at radius 3 is 2.61 bits per heavy atom. The molecule has 4 heteroatoms. The van der Waals surface area contributed by atoms with Gasteiger partial charge in [-0.3, -0.25) is 0 Å². The van der Waals surface area contributed by atoms with Gasteiger partial charge in [0.2, 0.25) is 0 Å². The maximum Gasteiger partial charge on any atom is 0.161 e. The SMILES string of the molecule is COc1ccccc1OCCNCC1(CO)CC1. The van der Waals surface area contributed by atoms with Crippen LogP contribution in [-0.2, 0) is 0 Å². The lowest BCUT2D eigenvalue weighted by Gasteiger charge is -2.14. The summed E-state index contributed by atoms with van der Waals surface area (Å²) in [5, 5.41) is 12.5. The molecule has 0 atom stereocenters. The van der Waals surface area contributed by atoms with Gasteiger partial charge in [0, 0.05) is 25.1 Å². The van der Waals surface area contributed by atoms with Crippen LogP contribution in [0.25, 0.3) is 0 Å². The highest BCUT2D eigenvalue weighted by atomic mass is 16.5. The third-order valence-electron chi connectivity index (χ3n) is 3.40. The maximum atomic E-state index is 9.17. The fourth-order valence-corrected chi connectivity index (χ4v) is 1.89. The first-order chi connectivity index (χ1) is 8.79. The minimum absolute atomic E-state index is 0.157. The first-order valence-electron chi connectivity index (χ1n) is 6.37. The third kappa shape index (κ3) is 3.37. The second-order valence-electron chi connectivity index (χ2n) is 4.83. The van der Waals surface area contributed by atoms with Crippen molar-refractivity contribution in [2.75, 3.05) is 33.4 Å². The molecule has 1 saturated carbocycles. The van der Waals surface area contributed by atoms with E-state index < -0.39 is 0 Å². The summed E-state index contributed by atoms with van der Waals surface area (Å²) in [6.45, 7) is 2.54. The number of methoxy groups -OCH3 is 1. The number of hydrogen-bond acceptors (Lipinski definition) is 4. The van der Waals surface area contributed by atoms with Gasteiger partial charge in [0.25, 0.3) is 0 Å². The molecule has 18 heavy (non-hydrogen) atoms. The summed E-state index contributed by atoms with van der Waals surface area (Å²) in [6.07, 6.45) is 2.26. The summed E-state index contributed by atoms with van der Waals surface area (Å²) in [5.41, 5.74) is 0.157. The molecule has 1 aromatic carbocycles. The third-order valence-corrected chi connectivity index (χ3v) is 3.40. The molecule has 0 aromatic heterocycles. The molecule has 0 saturated heterocycles. The van der Waals surface area contributed by atoms with Crippen LogP contribution < -0.4 is 14.8 Å². The number of rotatable bonds is 8. The van der Waals surface area contributed by atoms with E-state index in [1.807, 2.05) is 24.3 Å². The van der Waals surface area contributed by atoms with Crippen LogP contribution in [0.3, 0.4) is 0 Å². The van der Waals surface area contributed by atoms with Gasteiger partial charge in [-0.25, -0.2) is 0 Å². The lowest BCUT2D eigenvalue weighted by Crippen LogP contribution is -2.29. The van der Waals surface area contributed by atoms with E-state index in [0.29, 0.717) is 6.61 Å². The Balaban J connectivity index is 1.66. The monoisotopic (exact) mass is 251 g/mol. The molecule has 1 aliphatic carbocycles. The van der Waals surface area contributed by atoms with Crippen molar-refractivity contribution in [3.8, 4) is 11.5 Å². The molecule has 0 bridgehead atoms. The normalized spacial score (nSPS) is 16.3. The topological polar surface area (TPSA) is 50.7 Å². The zero-order valence-corrected chi connectivity index (χ0v) is 10.8. The quantitative estimate of drug-likeness (QED) is 0.686. The van der Waals surface area contributed by atoms with Crippen LogP contribution in [0.4, 0.5) is 0 Å². The van der Waals surface area contributed by atoms with Crippen LogP contribution in [0.15, 0.2) is 24.3 Å². The molecule has 2 N–H and O–H groups in total. The van der Waals surface area contributed by atoms with Crippen molar-refractivity contribution >= 4 is 0 Å². The standard InChI is InChI=1S/C14H21NO3/c1-17-12-4-2-3-5-13(12)18-9-8-15-10-14(11-16)6-7-14/h2-5,15-16H,6-11H2,1H3. The molecule has 0 unspecified atom stereocenters. The Morgan fingerprint density at radius 2 is 2.00 bits per heavy atom. The average Bonchev–Trinajstić information content (AvgIpc) is 3.19. The van der Waals surface area contributed by atoms with E-state index in [0.717, 1.165) is 37.4 Å². The number of aliphatic hydroxyl groups excluding tert-OH is 1. The Hall–Kier alpha value is -1.26. The Bertz CT molecular complexity index is 377. The van der Waals surface area contributed by atoms with E-state index in [1.54, 1.807) is 7.11 Å². The predicted octanol–water partition coefficient (Wildman–Crippen LogP) is 1.44. The lowest BCUT2D eigenvalue weighted by molar-refractivity contribution is 0.204. The first kappa shape index (κ1) is 13.2. The molecule has 0 heterocycles. The van der Waals surface area contributed by atoms with E-state index in [2.05, 4.69) is 5.32 Å². The van der Waals surface area contributed by atoms with Gasteiger partial charge in [0.15, 0.2) is 11.5 Å². The van der Waals surface area contributed by atoms with E-state index >= 15 is 0 Å². The second-order valence-corrected chi connectivity index (χ2v) is 4.83. The highest BCUT2D eigenvalue weighted by molar-refractivity contribution is 5.39. The van der Waals surface area contributed by atoms with Gasteiger partial charge in [0.05, 0.1) is 7.11 Å². The highest BCUT2D eigenvalue weighted by Crippen LogP contribution is 2.44. The van der Waals surface area contributed by atoms with Crippen molar-refractivity contribution in [3.63, 3.8) is 0 Å². The van der Waals surface area contributed by atoms with Gasteiger partial charge < -0.3 is 19.9 Å². The van der Waals surface area contributed by atoms with Crippen molar-refractivity contribution in [1.29, 1.82) is 0 Å². The number of benzene rings is 1. The van der Waals surface area contributed by atoms with Crippen LogP contribution in [0.2, 0.25) is 0 Å². The molecule has 1 fully saturated rings. The Kier molecular flexibility index (Phi) is 4.44. The molecule has 1 aliphatic rings. The minimum atomic E-state index is 0.157. The van der Waals surface area contributed by atoms with E-state index in [1.165, 1.54) is 0 Å². The van der Waals surface area contributed by atoms with Crippen molar-refractivity contribution in [3.05, 3.63) is 24.3 Å². The maximum absolute atomic E-state index is 9.17. The van der Waals surface area contributed by atoms with Gasteiger partial charge in [-0.1, -0.05) is 12.1 Å². The molecule has 1 aromatic rings. The van der Waals surface area contributed by atoms with Crippen molar-refractivity contribution in [2.45, 2.75) is 12.8 Å². The van der Waals surface area contributed by atoms with Crippen LogP contribution >= 0.6 is 0 Å². The molecular weight excluding hydrogens is 230 g/mol. The minimum Gasteiger partial charge on any atom is -0.493 e. The van der Waals surface area contributed by atoms with Gasteiger partial charge in [-0.15, -0.1) is 0 Å². The molecule has 4 nitrogen and oxygen atoms in total. The van der Waals surface area contributed by atoms with Crippen molar-refractivity contribution in [2.24, 2.45) is 5.41 Å². The zero-order valence-electron chi connectivity index (χ0n) is 10.8. The Labute approximate surface area is 108 Å². The fraction of sp³-hybridized carbons (Fsp3) is 0.571.